The number of hydrogen-bond acceptors (Lipinski definition) is 4. The molecule has 3 fully saturated rings. The Hall–Kier alpha value is -1.14. The summed E-state index contributed by atoms with van der Waals surface area (Å²) in [4.78, 5) is 27.0. The topological polar surface area (TPSA) is 64.7 Å². The summed E-state index contributed by atoms with van der Waals surface area (Å²) in [5.74, 6) is -0.00171. The van der Waals surface area contributed by atoms with Gasteiger partial charge in [0.2, 0.25) is 0 Å². The lowest BCUT2D eigenvalue weighted by atomic mass is 10.3. The zero-order valence-corrected chi connectivity index (χ0v) is 7.69. The molecule has 14 heavy (non-hydrogen) atoms. The molecule has 0 aromatic rings. The van der Waals surface area contributed by atoms with Crippen molar-refractivity contribution in [2.24, 2.45) is 0 Å². The van der Waals surface area contributed by atoms with Crippen LogP contribution in [-0.4, -0.2) is 60.1 Å². The highest BCUT2D eigenvalue weighted by molar-refractivity contribution is 5.94. The highest BCUT2D eigenvalue weighted by Gasteiger charge is 2.52. The lowest BCUT2D eigenvalue weighted by Gasteiger charge is -2.31. The molecule has 0 aromatic heterocycles. The third-order valence-corrected chi connectivity index (χ3v) is 3.05. The molecule has 0 radical (unpaired) electrons. The summed E-state index contributed by atoms with van der Waals surface area (Å²) in [7, 11) is 0. The summed E-state index contributed by atoms with van der Waals surface area (Å²) in [5, 5.41) is 5.88. The van der Waals surface area contributed by atoms with E-state index in [0.717, 1.165) is 13.1 Å². The van der Waals surface area contributed by atoms with Crippen LogP contribution in [0.4, 0.5) is 0 Å². The van der Waals surface area contributed by atoms with Crippen molar-refractivity contribution in [3.05, 3.63) is 0 Å². The van der Waals surface area contributed by atoms with E-state index >= 15 is 0 Å². The number of fused-ring (bicyclic) bond motifs is 3. The summed E-state index contributed by atoms with van der Waals surface area (Å²) in [6.07, 6.45) is -0.625. The summed E-state index contributed by atoms with van der Waals surface area (Å²) in [6, 6.07) is 0. The molecule has 0 spiro atoms. The van der Waals surface area contributed by atoms with Crippen molar-refractivity contribution in [1.29, 1.82) is 0 Å². The molecule has 2 amide bonds. The van der Waals surface area contributed by atoms with E-state index in [4.69, 9.17) is 0 Å². The quantitative estimate of drug-likeness (QED) is 0.450. The minimum atomic E-state index is -0.365. The fourth-order valence-electron chi connectivity index (χ4n) is 2.44. The van der Waals surface area contributed by atoms with Crippen LogP contribution in [0, 0.1) is 0 Å². The Morgan fingerprint density at radius 2 is 2.07 bits per heavy atom. The van der Waals surface area contributed by atoms with Crippen molar-refractivity contribution < 1.29 is 9.59 Å². The molecular formula is C8H12N4O2. The van der Waals surface area contributed by atoms with Crippen molar-refractivity contribution >= 4 is 11.8 Å². The van der Waals surface area contributed by atoms with Gasteiger partial charge in [-0.05, 0) is 0 Å². The molecule has 0 saturated carbocycles. The van der Waals surface area contributed by atoms with Gasteiger partial charge in [-0.3, -0.25) is 19.8 Å². The Bertz CT molecular complexity index is 306. The summed E-state index contributed by atoms with van der Waals surface area (Å²) in [5.41, 5.74) is 0. The predicted molar refractivity (Wildman–Crippen MR) is 47.0 cm³/mol. The molecule has 6 nitrogen and oxygen atoms in total. The molecule has 6 heteroatoms. The van der Waals surface area contributed by atoms with E-state index in [1.165, 1.54) is 0 Å². The maximum atomic E-state index is 11.8. The lowest BCUT2D eigenvalue weighted by molar-refractivity contribution is -0.140. The minimum absolute atomic E-state index is 0.0438. The van der Waals surface area contributed by atoms with Gasteiger partial charge in [0.05, 0.1) is 0 Å². The molecule has 0 aliphatic carbocycles. The van der Waals surface area contributed by atoms with Crippen LogP contribution in [0.3, 0.4) is 0 Å². The van der Waals surface area contributed by atoms with Crippen LogP contribution in [0.15, 0.2) is 0 Å². The van der Waals surface area contributed by atoms with Gasteiger partial charge in [-0.2, -0.15) is 0 Å². The van der Waals surface area contributed by atoms with Gasteiger partial charge in [0, 0.05) is 26.2 Å². The summed E-state index contributed by atoms with van der Waals surface area (Å²) >= 11 is 0. The molecule has 2 unspecified atom stereocenters. The van der Waals surface area contributed by atoms with Gasteiger partial charge >= 0.3 is 0 Å². The number of piperazine rings is 1. The van der Waals surface area contributed by atoms with E-state index in [1.807, 2.05) is 4.90 Å². The van der Waals surface area contributed by atoms with Crippen molar-refractivity contribution in [3.63, 3.8) is 0 Å². The van der Waals surface area contributed by atoms with Gasteiger partial charge in [0.1, 0.15) is 6.17 Å². The SMILES string of the molecule is O=C1NCCN2C(=O)C3NCCN3C12. The molecule has 0 aromatic carbocycles. The van der Waals surface area contributed by atoms with Crippen LogP contribution in [0.25, 0.3) is 0 Å². The van der Waals surface area contributed by atoms with E-state index in [9.17, 15) is 9.59 Å². The first-order valence-corrected chi connectivity index (χ1v) is 4.86. The Balaban J connectivity index is 1.96. The van der Waals surface area contributed by atoms with E-state index in [1.54, 1.807) is 4.90 Å². The zero-order valence-electron chi connectivity index (χ0n) is 7.69. The zero-order chi connectivity index (χ0) is 9.71. The molecule has 3 aliphatic rings. The van der Waals surface area contributed by atoms with Crippen LogP contribution in [-0.2, 0) is 9.59 Å². The monoisotopic (exact) mass is 196 g/mol. The first-order chi connectivity index (χ1) is 6.79. The normalized spacial score (nSPS) is 37.0. The van der Waals surface area contributed by atoms with E-state index in [0.29, 0.717) is 13.1 Å². The van der Waals surface area contributed by atoms with Gasteiger partial charge in [-0.15, -0.1) is 0 Å². The summed E-state index contributed by atoms with van der Waals surface area (Å²) < 4.78 is 0. The number of amides is 2. The highest BCUT2D eigenvalue weighted by atomic mass is 16.2. The first-order valence-electron chi connectivity index (χ1n) is 4.86. The maximum Gasteiger partial charge on any atom is 0.258 e. The molecule has 3 saturated heterocycles. The van der Waals surface area contributed by atoms with Crippen molar-refractivity contribution in [1.82, 2.24) is 20.4 Å². The fourth-order valence-corrected chi connectivity index (χ4v) is 2.44. The van der Waals surface area contributed by atoms with E-state index in [-0.39, 0.29) is 24.1 Å². The number of hydrogen-bond donors (Lipinski definition) is 2. The third-order valence-electron chi connectivity index (χ3n) is 3.05. The second kappa shape index (κ2) is 2.68. The van der Waals surface area contributed by atoms with Crippen LogP contribution in [0.5, 0.6) is 0 Å². The van der Waals surface area contributed by atoms with Gasteiger partial charge in [0.15, 0.2) is 6.17 Å². The third kappa shape index (κ3) is 0.869. The number of nitrogens with one attached hydrogen (secondary N) is 2. The van der Waals surface area contributed by atoms with Crippen molar-refractivity contribution in [2.75, 3.05) is 26.2 Å². The molecule has 3 heterocycles. The first kappa shape index (κ1) is 8.19. The standard InChI is InChI=1S/C8H12N4O2/c13-6-7-11-3-1-9-5(11)8(14)12(7)4-2-10-6/h5,7,9H,1-4H2,(H,10,13). The smallest absolute Gasteiger partial charge is 0.258 e. The van der Waals surface area contributed by atoms with Gasteiger partial charge in [0.25, 0.3) is 11.8 Å². The molecule has 2 atom stereocenters. The minimum Gasteiger partial charge on any atom is -0.351 e. The predicted octanol–water partition coefficient (Wildman–Crippen LogP) is -2.48. The van der Waals surface area contributed by atoms with Crippen LogP contribution in [0.1, 0.15) is 0 Å². The van der Waals surface area contributed by atoms with Crippen LogP contribution < -0.4 is 10.6 Å². The lowest BCUT2D eigenvalue weighted by Crippen LogP contribution is -2.57. The number of rotatable bonds is 0. The van der Waals surface area contributed by atoms with Crippen molar-refractivity contribution in [2.45, 2.75) is 12.3 Å². The molecule has 2 N–H and O–H groups in total. The van der Waals surface area contributed by atoms with Gasteiger partial charge < -0.3 is 10.2 Å². The fraction of sp³-hybridized carbons (Fsp3) is 0.750. The van der Waals surface area contributed by atoms with Crippen LogP contribution >= 0.6 is 0 Å². The average molecular weight is 196 g/mol. The van der Waals surface area contributed by atoms with Gasteiger partial charge in [-0.1, -0.05) is 0 Å². The van der Waals surface area contributed by atoms with Crippen LogP contribution in [0.2, 0.25) is 0 Å². The molecular weight excluding hydrogens is 184 g/mol. The number of carbonyl (C=O) groups is 2. The van der Waals surface area contributed by atoms with Crippen molar-refractivity contribution in [3.8, 4) is 0 Å². The number of nitrogens with zero attached hydrogens (tertiary/aromatic N) is 2. The Labute approximate surface area is 81.2 Å². The molecule has 0 bridgehead atoms. The van der Waals surface area contributed by atoms with Gasteiger partial charge in [-0.25, -0.2) is 0 Å². The van der Waals surface area contributed by atoms with E-state index < -0.39 is 0 Å². The summed E-state index contributed by atoms with van der Waals surface area (Å²) in [6.45, 7) is 2.75. The average Bonchev–Trinajstić information content (AvgIpc) is 2.72. The molecule has 3 aliphatic heterocycles. The maximum absolute atomic E-state index is 11.8. The Morgan fingerprint density at radius 3 is 2.93 bits per heavy atom. The second-order valence-electron chi connectivity index (χ2n) is 3.79. The van der Waals surface area contributed by atoms with E-state index in [2.05, 4.69) is 10.6 Å². The molecule has 3 rings (SSSR count). The highest BCUT2D eigenvalue weighted by Crippen LogP contribution is 2.24. The second-order valence-corrected chi connectivity index (χ2v) is 3.79. The Morgan fingerprint density at radius 1 is 1.21 bits per heavy atom. The largest absolute Gasteiger partial charge is 0.351 e. The molecule has 76 valence electrons. The Kier molecular flexibility index (Phi) is 1.57. The number of carbonyl (C=O) groups excluding carboxylic acids is 2.